The molecule has 2 nitrogen and oxygen atoms in total. The third-order valence-corrected chi connectivity index (χ3v) is 0.731. The smallest absolute Gasteiger partial charge is 0.321 e. The summed E-state index contributed by atoms with van der Waals surface area (Å²) in [5, 5.41) is 1.75. The topological polar surface area (TPSA) is 12.5 Å². The SMILES string of the molecule is C[B]ON(C)CC. The van der Waals surface area contributed by atoms with Gasteiger partial charge in [-0.1, -0.05) is 13.7 Å². The molecule has 1 radical (unpaired) electrons. The number of rotatable bonds is 3. The molecule has 41 valence electrons. The molecule has 0 aliphatic heterocycles. The molecule has 7 heavy (non-hydrogen) atoms. The molecule has 0 bridgehead atoms. The molecule has 0 rings (SSSR count). The van der Waals surface area contributed by atoms with Crippen molar-refractivity contribution >= 4 is 7.48 Å². The Labute approximate surface area is 45.7 Å². The Morgan fingerprint density at radius 1 is 1.71 bits per heavy atom. The number of hydrogen-bond acceptors (Lipinski definition) is 2. The highest BCUT2D eigenvalue weighted by Crippen LogP contribution is 1.77. The molecule has 0 unspecified atom stereocenters. The normalized spacial score (nSPS) is 9.71. The standard InChI is InChI=1S/C4H11BNO/c1-4-6(3)7-5-2/h4H2,1-3H3. The lowest BCUT2D eigenvalue weighted by atomic mass is 10.1. The summed E-state index contributed by atoms with van der Waals surface area (Å²) >= 11 is 0. The van der Waals surface area contributed by atoms with Crippen molar-refractivity contribution in [2.45, 2.75) is 13.7 Å². The lowest BCUT2D eigenvalue weighted by Crippen LogP contribution is -2.18. The minimum atomic E-state index is 0.921. The van der Waals surface area contributed by atoms with Crippen molar-refractivity contribution in [3.63, 3.8) is 0 Å². The highest BCUT2D eigenvalue weighted by Gasteiger charge is 1.87. The zero-order valence-corrected chi connectivity index (χ0v) is 5.14. The maximum atomic E-state index is 4.90. The monoisotopic (exact) mass is 100 g/mol. The Morgan fingerprint density at radius 3 is 2.43 bits per heavy atom. The molecule has 0 N–H and O–H groups in total. The second-order valence-corrected chi connectivity index (χ2v) is 1.29. The zero-order valence-electron chi connectivity index (χ0n) is 5.14. The fraction of sp³-hybridized carbons (Fsp3) is 1.00. The zero-order chi connectivity index (χ0) is 5.70. The highest BCUT2D eigenvalue weighted by molar-refractivity contribution is 6.24. The number of hydroxylamine groups is 2. The van der Waals surface area contributed by atoms with Crippen molar-refractivity contribution < 1.29 is 4.76 Å². The minimum Gasteiger partial charge on any atom is -0.367 e. The molecule has 0 aromatic heterocycles. The molecule has 0 aromatic rings. The van der Waals surface area contributed by atoms with Crippen LogP contribution in [0, 0.1) is 0 Å². The lowest BCUT2D eigenvalue weighted by molar-refractivity contribution is -0.0228. The van der Waals surface area contributed by atoms with Gasteiger partial charge in [0.05, 0.1) is 0 Å². The summed E-state index contributed by atoms with van der Waals surface area (Å²) in [6.45, 7) is 4.81. The molecule has 0 atom stereocenters. The minimum absolute atomic E-state index is 0.921. The van der Waals surface area contributed by atoms with Crippen LogP contribution in [0.15, 0.2) is 0 Å². The fourth-order valence-corrected chi connectivity index (χ4v) is 0.254. The van der Waals surface area contributed by atoms with Crippen LogP contribution in [-0.2, 0) is 4.76 Å². The van der Waals surface area contributed by atoms with Crippen LogP contribution in [0.25, 0.3) is 0 Å². The van der Waals surface area contributed by atoms with E-state index >= 15 is 0 Å². The van der Waals surface area contributed by atoms with Gasteiger partial charge in [-0.05, 0) is 0 Å². The van der Waals surface area contributed by atoms with Crippen LogP contribution in [0.5, 0.6) is 0 Å². The van der Waals surface area contributed by atoms with Crippen LogP contribution in [-0.4, -0.2) is 26.1 Å². The second kappa shape index (κ2) is 4.15. The van der Waals surface area contributed by atoms with Crippen LogP contribution in [0.2, 0.25) is 6.82 Å². The van der Waals surface area contributed by atoms with Crippen molar-refractivity contribution in [3.05, 3.63) is 0 Å². The summed E-state index contributed by atoms with van der Waals surface area (Å²) in [4.78, 5) is 0. The van der Waals surface area contributed by atoms with Crippen molar-refractivity contribution in [1.29, 1.82) is 0 Å². The van der Waals surface area contributed by atoms with E-state index in [1.54, 1.807) is 12.5 Å². The van der Waals surface area contributed by atoms with Gasteiger partial charge in [-0.2, -0.15) is 0 Å². The van der Waals surface area contributed by atoms with Crippen molar-refractivity contribution in [3.8, 4) is 0 Å². The average Bonchev–Trinajstić information content (AvgIpc) is 1.68. The number of hydrogen-bond donors (Lipinski definition) is 0. The van der Waals surface area contributed by atoms with Crippen molar-refractivity contribution in [2.24, 2.45) is 0 Å². The predicted molar refractivity (Wildman–Crippen MR) is 31.0 cm³/mol. The lowest BCUT2D eigenvalue weighted by Gasteiger charge is -2.11. The van der Waals surface area contributed by atoms with Gasteiger partial charge >= 0.3 is 7.48 Å². The maximum Gasteiger partial charge on any atom is 0.321 e. The first kappa shape index (κ1) is 6.98. The molecule has 0 fully saturated rings. The van der Waals surface area contributed by atoms with Gasteiger partial charge in [-0.15, -0.1) is 0 Å². The van der Waals surface area contributed by atoms with Gasteiger partial charge in [0.2, 0.25) is 0 Å². The summed E-state index contributed by atoms with van der Waals surface area (Å²) < 4.78 is 4.90. The van der Waals surface area contributed by atoms with Crippen LogP contribution in [0.3, 0.4) is 0 Å². The molecule has 3 heteroatoms. The molecular formula is C4H11BNO. The second-order valence-electron chi connectivity index (χ2n) is 1.29. The van der Waals surface area contributed by atoms with E-state index in [2.05, 4.69) is 0 Å². The van der Waals surface area contributed by atoms with Gasteiger partial charge in [0.1, 0.15) is 0 Å². The van der Waals surface area contributed by atoms with E-state index < -0.39 is 0 Å². The van der Waals surface area contributed by atoms with Crippen molar-refractivity contribution in [2.75, 3.05) is 13.6 Å². The Bertz CT molecular complexity index is 42.7. The van der Waals surface area contributed by atoms with Crippen LogP contribution in [0.4, 0.5) is 0 Å². The van der Waals surface area contributed by atoms with Gasteiger partial charge in [-0.3, -0.25) is 0 Å². The molecule has 0 spiro atoms. The average molecular weight is 100.0 g/mol. The Hall–Kier alpha value is -0.0151. The van der Waals surface area contributed by atoms with Gasteiger partial charge < -0.3 is 4.76 Å². The quantitative estimate of drug-likeness (QED) is 0.379. The molecular weight excluding hydrogens is 88.9 g/mol. The highest BCUT2D eigenvalue weighted by atomic mass is 16.6. The molecule has 0 saturated heterocycles. The van der Waals surface area contributed by atoms with E-state index in [1.807, 2.05) is 20.8 Å². The third kappa shape index (κ3) is 3.82. The molecule has 0 saturated carbocycles. The van der Waals surface area contributed by atoms with Gasteiger partial charge in [0.25, 0.3) is 0 Å². The largest absolute Gasteiger partial charge is 0.367 e. The summed E-state index contributed by atoms with van der Waals surface area (Å²) in [7, 11) is 3.55. The fourth-order valence-electron chi connectivity index (χ4n) is 0.254. The maximum absolute atomic E-state index is 4.90. The summed E-state index contributed by atoms with van der Waals surface area (Å²) in [6.07, 6.45) is 0. The van der Waals surface area contributed by atoms with Gasteiger partial charge in [0, 0.05) is 13.6 Å². The van der Waals surface area contributed by atoms with Crippen LogP contribution < -0.4 is 0 Å². The molecule has 0 aliphatic rings. The van der Waals surface area contributed by atoms with Gasteiger partial charge in [-0.25, -0.2) is 5.06 Å². The first-order valence-corrected chi connectivity index (χ1v) is 2.47. The van der Waals surface area contributed by atoms with Crippen LogP contribution in [0.1, 0.15) is 6.92 Å². The first-order valence-electron chi connectivity index (χ1n) is 2.47. The molecule has 0 amide bonds. The van der Waals surface area contributed by atoms with E-state index in [9.17, 15) is 0 Å². The molecule has 0 aliphatic carbocycles. The Kier molecular flexibility index (Phi) is 4.14. The van der Waals surface area contributed by atoms with E-state index in [1.165, 1.54) is 0 Å². The first-order chi connectivity index (χ1) is 3.31. The summed E-state index contributed by atoms with van der Waals surface area (Å²) in [5.74, 6) is 0. The summed E-state index contributed by atoms with van der Waals surface area (Å²) in [5.41, 5.74) is 0. The molecule has 0 heterocycles. The van der Waals surface area contributed by atoms with Crippen LogP contribution >= 0.6 is 0 Å². The van der Waals surface area contributed by atoms with Gasteiger partial charge in [0.15, 0.2) is 0 Å². The van der Waals surface area contributed by atoms with E-state index in [-0.39, 0.29) is 0 Å². The predicted octanol–water partition coefficient (Wildman–Crippen LogP) is 0.537. The Morgan fingerprint density at radius 2 is 2.29 bits per heavy atom. The van der Waals surface area contributed by atoms with E-state index in [0.29, 0.717) is 0 Å². The Balaban J connectivity index is 2.83. The number of nitrogens with zero attached hydrogens (tertiary/aromatic N) is 1. The third-order valence-electron chi connectivity index (χ3n) is 0.731. The summed E-state index contributed by atoms with van der Waals surface area (Å²) in [6, 6.07) is 0. The molecule has 0 aromatic carbocycles. The van der Waals surface area contributed by atoms with Crippen molar-refractivity contribution in [1.82, 2.24) is 5.06 Å². The van der Waals surface area contributed by atoms with E-state index in [0.717, 1.165) is 6.54 Å². The van der Waals surface area contributed by atoms with E-state index in [4.69, 9.17) is 4.76 Å².